The predicted octanol–water partition coefficient (Wildman–Crippen LogP) is 1.58. The molecule has 0 saturated heterocycles. The molecule has 0 heterocycles. The largest absolute Gasteiger partial charge is 0.851 e. The highest BCUT2D eigenvalue weighted by molar-refractivity contribution is 4.95. The van der Waals surface area contributed by atoms with E-state index in [1.54, 1.807) is 6.08 Å². The van der Waals surface area contributed by atoms with E-state index in [2.05, 4.69) is 6.58 Å². The van der Waals surface area contributed by atoms with E-state index < -0.39 is 6.10 Å². The van der Waals surface area contributed by atoms with Crippen LogP contribution in [0.25, 0.3) is 0 Å². The molecular weight excluding hydrogens is 176 g/mol. The first-order valence-electron chi connectivity index (χ1n) is 5.54. The second-order valence-corrected chi connectivity index (χ2v) is 3.89. The van der Waals surface area contributed by atoms with Crippen LogP contribution in [0.1, 0.15) is 34.1 Å². The van der Waals surface area contributed by atoms with Crippen molar-refractivity contribution in [1.29, 1.82) is 0 Å². The minimum absolute atomic E-state index is 0.0498. The van der Waals surface area contributed by atoms with Crippen LogP contribution in [0.3, 0.4) is 0 Å². The van der Waals surface area contributed by atoms with Gasteiger partial charge in [-0.1, -0.05) is 39.7 Å². The van der Waals surface area contributed by atoms with Crippen LogP contribution in [0.5, 0.6) is 0 Å². The van der Waals surface area contributed by atoms with Crippen molar-refractivity contribution < 1.29 is 10.2 Å². The van der Waals surface area contributed by atoms with Gasteiger partial charge in [-0.25, -0.2) is 0 Å². The lowest BCUT2D eigenvalue weighted by molar-refractivity contribution is -0.452. The zero-order chi connectivity index (χ0) is 11.3. The van der Waals surface area contributed by atoms with Crippen molar-refractivity contribution in [2.24, 2.45) is 17.8 Å². The Kier molecular flexibility index (Phi) is 6.05. The molecule has 0 spiro atoms. The molecule has 2 nitrogen and oxygen atoms in total. The molecule has 5 atom stereocenters. The fraction of sp³-hybridized carbons (Fsp3) is 0.833. The first-order chi connectivity index (χ1) is 6.57. The molecule has 84 valence electrons. The number of aliphatic hydroxyl groups excluding tert-OH is 1. The van der Waals surface area contributed by atoms with E-state index in [1.807, 2.05) is 27.7 Å². The number of aliphatic hydroxyl groups is 1. The van der Waals surface area contributed by atoms with Crippen LogP contribution in [0.2, 0.25) is 0 Å². The summed E-state index contributed by atoms with van der Waals surface area (Å²) in [6, 6.07) is 0. The smallest absolute Gasteiger partial charge is 0.0573 e. The SMILES string of the molecule is C=CC1CC(O)C(C)C(C)C1[O-].CC. The van der Waals surface area contributed by atoms with Gasteiger partial charge in [0.2, 0.25) is 0 Å². The third-order valence-electron chi connectivity index (χ3n) is 3.19. The van der Waals surface area contributed by atoms with Crippen LogP contribution < -0.4 is 5.11 Å². The minimum Gasteiger partial charge on any atom is -0.851 e. The molecule has 1 aliphatic rings. The lowest BCUT2D eigenvalue weighted by Gasteiger charge is -2.46. The molecule has 0 aromatic heterocycles. The Morgan fingerprint density at radius 3 is 2.21 bits per heavy atom. The zero-order valence-electron chi connectivity index (χ0n) is 9.73. The molecule has 2 heteroatoms. The fourth-order valence-electron chi connectivity index (χ4n) is 1.90. The highest BCUT2D eigenvalue weighted by Gasteiger charge is 2.32. The van der Waals surface area contributed by atoms with Gasteiger partial charge in [-0.2, -0.15) is 0 Å². The van der Waals surface area contributed by atoms with Crippen LogP contribution >= 0.6 is 0 Å². The van der Waals surface area contributed by atoms with E-state index in [1.165, 1.54) is 0 Å². The zero-order valence-corrected chi connectivity index (χ0v) is 9.73. The Hall–Kier alpha value is -0.340. The fourth-order valence-corrected chi connectivity index (χ4v) is 1.90. The summed E-state index contributed by atoms with van der Waals surface area (Å²) in [6.07, 6.45) is 1.36. The van der Waals surface area contributed by atoms with Gasteiger partial charge in [0.25, 0.3) is 0 Å². The normalized spacial score (nSPS) is 42.3. The van der Waals surface area contributed by atoms with Gasteiger partial charge in [0.15, 0.2) is 0 Å². The molecule has 1 aliphatic carbocycles. The van der Waals surface area contributed by atoms with Crippen LogP contribution in [-0.2, 0) is 0 Å². The second-order valence-electron chi connectivity index (χ2n) is 3.89. The van der Waals surface area contributed by atoms with Crippen molar-refractivity contribution in [3.8, 4) is 0 Å². The summed E-state index contributed by atoms with van der Waals surface area (Å²) in [5.74, 6) is 0.131. The van der Waals surface area contributed by atoms with Crippen molar-refractivity contribution in [2.45, 2.75) is 46.3 Å². The molecule has 0 amide bonds. The van der Waals surface area contributed by atoms with Gasteiger partial charge in [0, 0.05) is 0 Å². The van der Waals surface area contributed by atoms with Gasteiger partial charge >= 0.3 is 0 Å². The molecular formula is C12H23O2-. The molecule has 1 N–H and O–H groups in total. The molecule has 0 aromatic carbocycles. The Balaban J connectivity index is 0.000000791. The molecule has 0 bridgehead atoms. The van der Waals surface area contributed by atoms with Crippen molar-refractivity contribution >= 4 is 0 Å². The molecule has 0 radical (unpaired) electrons. The van der Waals surface area contributed by atoms with Crippen molar-refractivity contribution in [2.75, 3.05) is 0 Å². The van der Waals surface area contributed by atoms with Crippen molar-refractivity contribution in [3.63, 3.8) is 0 Å². The van der Waals surface area contributed by atoms with Gasteiger partial charge in [0.05, 0.1) is 6.10 Å². The standard InChI is InChI=1S/C10H17O2.C2H6/c1-4-8-5-9(11)6(2)7(3)10(8)12;1-2/h4,6-11H,1,5H2,2-3H3;1-2H3/q-1;. The maximum Gasteiger partial charge on any atom is 0.0573 e. The highest BCUT2D eigenvalue weighted by Crippen LogP contribution is 2.33. The maximum atomic E-state index is 11.6. The first-order valence-corrected chi connectivity index (χ1v) is 5.54. The average molecular weight is 199 g/mol. The van der Waals surface area contributed by atoms with Crippen LogP contribution in [0, 0.1) is 17.8 Å². The summed E-state index contributed by atoms with van der Waals surface area (Å²) >= 11 is 0. The monoisotopic (exact) mass is 199 g/mol. The van der Waals surface area contributed by atoms with Crippen LogP contribution in [0.15, 0.2) is 12.7 Å². The Morgan fingerprint density at radius 1 is 1.29 bits per heavy atom. The Bertz CT molecular complexity index is 168. The summed E-state index contributed by atoms with van der Waals surface area (Å²) < 4.78 is 0. The third kappa shape index (κ3) is 2.82. The van der Waals surface area contributed by atoms with Crippen LogP contribution in [-0.4, -0.2) is 17.3 Å². The summed E-state index contributed by atoms with van der Waals surface area (Å²) in [4.78, 5) is 0. The van der Waals surface area contributed by atoms with Gasteiger partial charge in [-0.05, 0) is 18.3 Å². The molecule has 0 aliphatic heterocycles. The summed E-state index contributed by atoms with van der Waals surface area (Å²) in [5.41, 5.74) is 0. The van der Waals surface area contributed by atoms with Gasteiger partial charge in [0.1, 0.15) is 0 Å². The number of hydrogen-bond acceptors (Lipinski definition) is 2. The molecule has 14 heavy (non-hydrogen) atoms. The Morgan fingerprint density at radius 2 is 1.79 bits per heavy atom. The van der Waals surface area contributed by atoms with Crippen LogP contribution in [0.4, 0.5) is 0 Å². The predicted molar refractivity (Wildman–Crippen MR) is 57.8 cm³/mol. The van der Waals surface area contributed by atoms with Gasteiger partial charge in [-0.3, -0.25) is 0 Å². The minimum atomic E-state index is -0.583. The first kappa shape index (κ1) is 13.7. The lowest BCUT2D eigenvalue weighted by Crippen LogP contribution is -2.50. The topological polar surface area (TPSA) is 43.3 Å². The van der Waals surface area contributed by atoms with Gasteiger partial charge < -0.3 is 10.2 Å². The average Bonchev–Trinajstić information content (AvgIpc) is 2.23. The number of rotatable bonds is 1. The Labute approximate surface area is 87.7 Å². The van der Waals surface area contributed by atoms with E-state index in [-0.39, 0.29) is 23.9 Å². The maximum absolute atomic E-state index is 11.6. The summed E-state index contributed by atoms with van der Waals surface area (Å²) in [7, 11) is 0. The van der Waals surface area contributed by atoms with Gasteiger partial charge in [-0.15, -0.1) is 12.7 Å². The van der Waals surface area contributed by atoms with Crippen molar-refractivity contribution in [1.82, 2.24) is 0 Å². The van der Waals surface area contributed by atoms with Crippen molar-refractivity contribution in [3.05, 3.63) is 12.7 Å². The van der Waals surface area contributed by atoms with E-state index in [0.717, 1.165) is 0 Å². The quantitative estimate of drug-likeness (QED) is 0.652. The van der Waals surface area contributed by atoms with E-state index in [0.29, 0.717) is 6.42 Å². The molecule has 5 unspecified atom stereocenters. The van der Waals surface area contributed by atoms with E-state index in [9.17, 15) is 10.2 Å². The second kappa shape index (κ2) is 6.20. The molecule has 0 aromatic rings. The summed E-state index contributed by atoms with van der Waals surface area (Å²) in [6.45, 7) is 11.5. The summed E-state index contributed by atoms with van der Waals surface area (Å²) in [5, 5.41) is 21.2. The van der Waals surface area contributed by atoms with E-state index >= 15 is 0 Å². The van der Waals surface area contributed by atoms with E-state index in [4.69, 9.17) is 0 Å². The molecule has 1 rings (SSSR count). The molecule has 1 fully saturated rings. The molecule has 1 saturated carbocycles. The lowest BCUT2D eigenvalue weighted by atomic mass is 9.72. The third-order valence-corrected chi connectivity index (χ3v) is 3.19. The number of hydrogen-bond donors (Lipinski definition) is 1. The highest BCUT2D eigenvalue weighted by atomic mass is 16.3.